The topological polar surface area (TPSA) is 83.0 Å². The summed E-state index contributed by atoms with van der Waals surface area (Å²) in [5, 5.41) is 0.414. The molecule has 7 heteroatoms. The Morgan fingerprint density at radius 1 is 1.56 bits per heavy atom. The number of rotatable bonds is 3. The molecule has 2 N–H and O–H groups in total. The van der Waals surface area contributed by atoms with Gasteiger partial charge in [0.1, 0.15) is 12.1 Å². The average Bonchev–Trinajstić information content (AvgIpc) is 2.72. The van der Waals surface area contributed by atoms with E-state index in [-0.39, 0.29) is 18.1 Å². The third-order valence-electron chi connectivity index (χ3n) is 2.24. The molecule has 18 heavy (non-hydrogen) atoms. The number of aromatic nitrogens is 3. The number of nitrogens with two attached hydrogens (primary N) is 1. The van der Waals surface area contributed by atoms with E-state index in [4.69, 9.17) is 22.1 Å². The lowest BCUT2D eigenvalue weighted by Crippen LogP contribution is -2.10. The first kappa shape index (κ1) is 12.4. The number of carbonyl (C=O) groups excluding carboxylic acids is 1. The minimum absolute atomic E-state index is 0.0542. The van der Waals surface area contributed by atoms with Gasteiger partial charge in [0.2, 0.25) is 0 Å². The molecule has 0 radical (unpaired) electrons. The lowest BCUT2D eigenvalue weighted by molar-refractivity contribution is 0.0521. The number of hydrogen-bond acceptors (Lipinski definition) is 5. The van der Waals surface area contributed by atoms with Crippen molar-refractivity contribution in [3.8, 4) is 5.82 Å². The fourth-order valence-electron chi connectivity index (χ4n) is 1.44. The lowest BCUT2D eigenvalue weighted by atomic mass is 10.4. The summed E-state index contributed by atoms with van der Waals surface area (Å²) in [5.74, 6) is -0.00503. The van der Waals surface area contributed by atoms with E-state index in [0.717, 1.165) is 0 Å². The fraction of sp³-hybridized carbons (Fsp3) is 0.182. The predicted octanol–water partition coefficient (Wildman–Crippen LogP) is 1.68. The molecule has 0 aliphatic carbocycles. The van der Waals surface area contributed by atoms with Crippen molar-refractivity contribution in [1.82, 2.24) is 14.5 Å². The molecule has 2 aromatic rings. The van der Waals surface area contributed by atoms with Gasteiger partial charge in [-0.15, -0.1) is 0 Å². The molecule has 0 saturated carbocycles. The standard InChI is InChI=1S/C11H11ClN4O2/c1-2-18-11(17)8-9(13)16(6-15-8)10-7(12)4-3-5-14-10/h3-6H,2,13H2,1H3. The van der Waals surface area contributed by atoms with Crippen molar-refractivity contribution < 1.29 is 9.53 Å². The maximum atomic E-state index is 11.6. The summed E-state index contributed by atoms with van der Waals surface area (Å²) in [5.41, 5.74) is 5.89. The molecule has 0 saturated heterocycles. The molecular weight excluding hydrogens is 256 g/mol. The van der Waals surface area contributed by atoms with Gasteiger partial charge >= 0.3 is 5.97 Å². The van der Waals surface area contributed by atoms with E-state index in [1.54, 1.807) is 25.3 Å². The second kappa shape index (κ2) is 5.05. The largest absolute Gasteiger partial charge is 0.461 e. The maximum Gasteiger partial charge on any atom is 0.360 e. The first-order valence-corrected chi connectivity index (χ1v) is 5.63. The number of ether oxygens (including phenoxy) is 1. The minimum Gasteiger partial charge on any atom is -0.461 e. The van der Waals surface area contributed by atoms with Crippen molar-refractivity contribution in [1.29, 1.82) is 0 Å². The van der Waals surface area contributed by atoms with Crippen molar-refractivity contribution in [2.24, 2.45) is 0 Å². The van der Waals surface area contributed by atoms with Crippen LogP contribution in [-0.4, -0.2) is 27.1 Å². The second-order valence-corrected chi connectivity index (χ2v) is 3.78. The zero-order valence-electron chi connectivity index (χ0n) is 9.63. The van der Waals surface area contributed by atoms with E-state index < -0.39 is 5.97 Å². The highest BCUT2D eigenvalue weighted by molar-refractivity contribution is 6.32. The number of pyridine rings is 1. The SMILES string of the molecule is CCOC(=O)c1ncn(-c2ncccc2Cl)c1N. The van der Waals surface area contributed by atoms with Gasteiger partial charge in [0.25, 0.3) is 0 Å². The molecule has 0 spiro atoms. The number of anilines is 1. The predicted molar refractivity (Wildman–Crippen MR) is 66.7 cm³/mol. The average molecular weight is 267 g/mol. The van der Waals surface area contributed by atoms with E-state index >= 15 is 0 Å². The van der Waals surface area contributed by atoms with Gasteiger partial charge in [-0.2, -0.15) is 0 Å². The van der Waals surface area contributed by atoms with Crippen molar-refractivity contribution in [2.45, 2.75) is 6.92 Å². The summed E-state index contributed by atoms with van der Waals surface area (Å²) in [7, 11) is 0. The summed E-state index contributed by atoms with van der Waals surface area (Å²) in [6, 6.07) is 3.37. The molecular formula is C11H11ClN4O2. The van der Waals surface area contributed by atoms with Crippen LogP contribution in [0.5, 0.6) is 0 Å². The third kappa shape index (κ3) is 2.14. The van der Waals surface area contributed by atoms with Gasteiger partial charge in [-0.3, -0.25) is 4.57 Å². The molecule has 0 fully saturated rings. The number of hydrogen-bond donors (Lipinski definition) is 1. The van der Waals surface area contributed by atoms with Crippen molar-refractivity contribution in [3.63, 3.8) is 0 Å². The van der Waals surface area contributed by atoms with Gasteiger partial charge in [0, 0.05) is 6.20 Å². The number of nitrogen functional groups attached to an aromatic ring is 1. The Morgan fingerprint density at radius 2 is 2.33 bits per heavy atom. The zero-order chi connectivity index (χ0) is 13.1. The summed E-state index contributed by atoms with van der Waals surface area (Å²) < 4.78 is 6.28. The van der Waals surface area contributed by atoms with Crippen LogP contribution in [-0.2, 0) is 4.74 Å². The highest BCUT2D eigenvalue weighted by atomic mass is 35.5. The highest BCUT2D eigenvalue weighted by Crippen LogP contribution is 2.22. The van der Waals surface area contributed by atoms with Crippen LogP contribution in [0, 0.1) is 0 Å². The van der Waals surface area contributed by atoms with E-state index in [9.17, 15) is 4.79 Å². The molecule has 94 valence electrons. The van der Waals surface area contributed by atoms with Crippen molar-refractivity contribution in [3.05, 3.63) is 35.4 Å². The van der Waals surface area contributed by atoms with E-state index in [0.29, 0.717) is 10.8 Å². The summed E-state index contributed by atoms with van der Waals surface area (Å²) in [6.07, 6.45) is 2.96. The normalized spacial score (nSPS) is 10.3. The molecule has 2 heterocycles. The van der Waals surface area contributed by atoms with Gasteiger partial charge in [0.15, 0.2) is 11.5 Å². The van der Waals surface area contributed by atoms with Crippen LogP contribution in [0.15, 0.2) is 24.7 Å². The maximum absolute atomic E-state index is 11.6. The molecule has 6 nitrogen and oxygen atoms in total. The van der Waals surface area contributed by atoms with Gasteiger partial charge in [-0.1, -0.05) is 11.6 Å². The zero-order valence-corrected chi connectivity index (χ0v) is 10.4. The first-order valence-electron chi connectivity index (χ1n) is 5.26. The summed E-state index contributed by atoms with van der Waals surface area (Å²) >= 11 is 6.00. The van der Waals surface area contributed by atoms with E-state index in [1.807, 2.05) is 0 Å². The molecule has 0 aromatic carbocycles. The Morgan fingerprint density at radius 3 is 3.00 bits per heavy atom. The van der Waals surface area contributed by atoms with Crippen LogP contribution >= 0.6 is 11.6 Å². The van der Waals surface area contributed by atoms with Gasteiger partial charge in [-0.25, -0.2) is 14.8 Å². The Bertz CT molecular complexity index is 582. The van der Waals surface area contributed by atoms with Crippen molar-refractivity contribution >= 4 is 23.4 Å². The van der Waals surface area contributed by atoms with Gasteiger partial charge in [0.05, 0.1) is 11.6 Å². The molecule has 0 aliphatic heterocycles. The van der Waals surface area contributed by atoms with Crippen LogP contribution in [0.1, 0.15) is 17.4 Å². The third-order valence-corrected chi connectivity index (χ3v) is 2.54. The molecule has 2 aromatic heterocycles. The Hall–Kier alpha value is -2.08. The number of nitrogens with zero attached hydrogens (tertiary/aromatic N) is 3. The Balaban J connectivity index is 2.43. The number of imidazole rings is 1. The molecule has 0 unspecified atom stereocenters. The molecule has 0 atom stereocenters. The summed E-state index contributed by atoms with van der Waals surface area (Å²) in [6.45, 7) is 1.97. The van der Waals surface area contributed by atoms with Gasteiger partial charge < -0.3 is 10.5 Å². The molecule has 0 amide bonds. The first-order chi connectivity index (χ1) is 8.65. The number of halogens is 1. The second-order valence-electron chi connectivity index (χ2n) is 3.38. The molecule has 2 rings (SSSR count). The monoisotopic (exact) mass is 266 g/mol. The number of carbonyl (C=O) groups is 1. The van der Waals surface area contributed by atoms with Crippen LogP contribution in [0.25, 0.3) is 5.82 Å². The molecule has 0 bridgehead atoms. The van der Waals surface area contributed by atoms with Gasteiger partial charge in [-0.05, 0) is 19.1 Å². The minimum atomic E-state index is -0.569. The van der Waals surface area contributed by atoms with Crippen LogP contribution in [0.2, 0.25) is 5.02 Å². The Labute approximate surface area is 108 Å². The smallest absolute Gasteiger partial charge is 0.360 e. The lowest BCUT2D eigenvalue weighted by Gasteiger charge is -2.06. The van der Waals surface area contributed by atoms with Crippen LogP contribution in [0.3, 0.4) is 0 Å². The fourth-order valence-corrected chi connectivity index (χ4v) is 1.65. The van der Waals surface area contributed by atoms with E-state index in [1.165, 1.54) is 10.9 Å². The van der Waals surface area contributed by atoms with E-state index in [2.05, 4.69) is 9.97 Å². The molecule has 0 aliphatic rings. The Kier molecular flexibility index (Phi) is 3.47. The van der Waals surface area contributed by atoms with Crippen LogP contribution < -0.4 is 5.73 Å². The highest BCUT2D eigenvalue weighted by Gasteiger charge is 2.18. The summed E-state index contributed by atoms with van der Waals surface area (Å²) in [4.78, 5) is 19.6. The van der Waals surface area contributed by atoms with Crippen LogP contribution in [0.4, 0.5) is 5.82 Å². The quantitative estimate of drug-likeness (QED) is 0.855. The number of esters is 1. The van der Waals surface area contributed by atoms with Crippen molar-refractivity contribution in [2.75, 3.05) is 12.3 Å².